The molecule has 2 N–H and O–H groups in total. The van der Waals surface area contributed by atoms with E-state index < -0.39 is 22.8 Å². The van der Waals surface area contributed by atoms with Crippen LogP contribution in [0, 0.1) is 17.8 Å². The predicted octanol–water partition coefficient (Wildman–Crippen LogP) is 5.79. The van der Waals surface area contributed by atoms with Crippen molar-refractivity contribution in [2.45, 2.75) is 91.4 Å². The van der Waals surface area contributed by atoms with E-state index in [9.17, 15) is 19.8 Å². The summed E-state index contributed by atoms with van der Waals surface area (Å²) >= 11 is 0. The highest BCUT2D eigenvalue weighted by molar-refractivity contribution is 5.77. The van der Waals surface area contributed by atoms with Gasteiger partial charge in [-0.2, -0.15) is 0 Å². The maximum absolute atomic E-state index is 11.3. The summed E-state index contributed by atoms with van der Waals surface area (Å²) in [4.78, 5) is 22.4. The number of rotatable bonds is 13. The molecule has 1 aliphatic carbocycles. The van der Waals surface area contributed by atoms with Crippen molar-refractivity contribution >= 4 is 11.9 Å². The van der Waals surface area contributed by atoms with Crippen LogP contribution in [0.3, 0.4) is 0 Å². The largest absolute Gasteiger partial charge is 0.481 e. The smallest absolute Gasteiger partial charge is 0.309 e. The molecule has 28 heavy (non-hydrogen) atoms. The van der Waals surface area contributed by atoms with Crippen LogP contribution in [0.1, 0.15) is 88.3 Å². The molecule has 0 amide bonds. The summed E-state index contributed by atoms with van der Waals surface area (Å²) < 4.78 is 0. The van der Waals surface area contributed by atoms with Gasteiger partial charge >= 0.3 is 11.9 Å². The topological polar surface area (TPSA) is 74.6 Å². The highest BCUT2D eigenvalue weighted by Crippen LogP contribution is 2.50. The molecule has 0 unspecified atom stereocenters. The fraction of sp³-hybridized carbons (Fsp3) is 0.667. The summed E-state index contributed by atoms with van der Waals surface area (Å²) in [7, 11) is 0. The van der Waals surface area contributed by atoms with Gasteiger partial charge in [0.2, 0.25) is 0 Å². The highest BCUT2D eigenvalue weighted by Gasteiger charge is 2.49. The van der Waals surface area contributed by atoms with Crippen LogP contribution >= 0.6 is 0 Å². The van der Waals surface area contributed by atoms with E-state index in [2.05, 4.69) is 25.1 Å². The molecule has 4 heteroatoms. The van der Waals surface area contributed by atoms with Gasteiger partial charge in [-0.05, 0) is 88.8 Å². The van der Waals surface area contributed by atoms with Crippen molar-refractivity contribution in [1.82, 2.24) is 0 Å². The van der Waals surface area contributed by atoms with Gasteiger partial charge in [-0.15, -0.1) is 0 Å². The van der Waals surface area contributed by atoms with Crippen LogP contribution < -0.4 is 0 Å². The van der Waals surface area contributed by atoms with Crippen molar-refractivity contribution in [3.05, 3.63) is 34.9 Å². The molecule has 1 aliphatic rings. The van der Waals surface area contributed by atoms with Gasteiger partial charge in [0.25, 0.3) is 0 Å². The minimum atomic E-state index is -0.716. The number of unbranched alkanes of at least 4 members (excludes halogenated alkanes) is 3. The molecule has 4 nitrogen and oxygen atoms in total. The highest BCUT2D eigenvalue weighted by atomic mass is 16.4. The first-order chi connectivity index (χ1) is 13.2. The molecule has 0 bridgehead atoms. The summed E-state index contributed by atoms with van der Waals surface area (Å²) in [5.74, 6) is -1.33. The van der Waals surface area contributed by atoms with Gasteiger partial charge in [0.15, 0.2) is 0 Å². The van der Waals surface area contributed by atoms with E-state index in [0.717, 1.165) is 70.6 Å². The zero-order valence-electron chi connectivity index (χ0n) is 17.7. The fourth-order valence-corrected chi connectivity index (χ4v) is 3.94. The predicted molar refractivity (Wildman–Crippen MR) is 112 cm³/mol. The molecule has 156 valence electrons. The lowest BCUT2D eigenvalue weighted by Crippen LogP contribution is -2.23. The molecule has 0 heterocycles. The second-order valence-electron chi connectivity index (χ2n) is 9.24. The average molecular weight is 389 g/mol. The molecule has 0 radical (unpaired) electrons. The first-order valence-electron chi connectivity index (χ1n) is 10.7. The summed E-state index contributed by atoms with van der Waals surface area (Å²) in [5, 5.41) is 18.4. The van der Waals surface area contributed by atoms with Crippen molar-refractivity contribution in [1.29, 1.82) is 0 Å². The number of hydrogen-bond donors (Lipinski definition) is 2. The molecular weight excluding hydrogens is 352 g/mol. The van der Waals surface area contributed by atoms with Crippen molar-refractivity contribution in [3.8, 4) is 0 Å². The molecule has 1 fully saturated rings. The molecule has 2 rings (SSSR count). The molecular formula is C24H36O4. The van der Waals surface area contributed by atoms with Crippen LogP contribution in [0.2, 0.25) is 0 Å². The zero-order chi connectivity index (χ0) is 20.8. The van der Waals surface area contributed by atoms with E-state index in [0.29, 0.717) is 0 Å². The zero-order valence-corrected chi connectivity index (χ0v) is 17.7. The van der Waals surface area contributed by atoms with Crippen LogP contribution in [0.15, 0.2) is 18.2 Å². The summed E-state index contributed by atoms with van der Waals surface area (Å²) in [5.41, 5.74) is 3.11. The summed E-state index contributed by atoms with van der Waals surface area (Å²) in [6.45, 7) is 5.78. The van der Waals surface area contributed by atoms with Gasteiger partial charge in [-0.3, -0.25) is 9.59 Å². The second-order valence-corrected chi connectivity index (χ2v) is 9.24. The quantitative estimate of drug-likeness (QED) is 0.420. The molecule has 0 aromatic heterocycles. The Bertz CT molecular complexity index is 686. The Labute approximate surface area is 169 Å². The standard InChI is InChI=1S/C24H36O4/c1-18-19(10-5-4-7-14-23(2,3)21(25)26)12-9-13-20(18)11-6-8-15-24(16-17-24)22(27)28/h9,12-13H,4-8,10-11,14-17H2,1-3H3,(H,25,26)(H,27,28). The van der Waals surface area contributed by atoms with Gasteiger partial charge in [0, 0.05) is 0 Å². The van der Waals surface area contributed by atoms with Crippen molar-refractivity contribution in [2.75, 3.05) is 0 Å². The van der Waals surface area contributed by atoms with Gasteiger partial charge < -0.3 is 10.2 Å². The Balaban J connectivity index is 1.73. The minimum absolute atomic E-state index is 0.397. The third-order valence-electron chi connectivity index (χ3n) is 6.54. The molecule has 1 aromatic rings. The number of hydrogen-bond acceptors (Lipinski definition) is 2. The van der Waals surface area contributed by atoms with Crippen molar-refractivity contribution < 1.29 is 19.8 Å². The lowest BCUT2D eigenvalue weighted by molar-refractivity contribution is -0.147. The Kier molecular flexibility index (Phi) is 7.68. The SMILES string of the molecule is Cc1c(CCCCCC(C)(C)C(=O)O)cccc1CCCCC1(C(=O)O)CC1. The van der Waals surface area contributed by atoms with E-state index in [-0.39, 0.29) is 0 Å². The Morgan fingerprint density at radius 2 is 1.54 bits per heavy atom. The van der Waals surface area contributed by atoms with E-state index in [1.165, 1.54) is 16.7 Å². The molecule has 0 saturated heterocycles. The van der Waals surface area contributed by atoms with E-state index in [1.807, 2.05) is 0 Å². The first-order valence-corrected chi connectivity index (χ1v) is 10.7. The molecule has 1 aromatic carbocycles. The number of benzene rings is 1. The number of carboxylic acid groups (broad SMARTS) is 2. The van der Waals surface area contributed by atoms with Crippen molar-refractivity contribution in [3.63, 3.8) is 0 Å². The lowest BCUT2D eigenvalue weighted by atomic mass is 9.86. The third kappa shape index (κ3) is 6.08. The summed E-state index contributed by atoms with van der Waals surface area (Å²) in [6, 6.07) is 6.52. The van der Waals surface area contributed by atoms with E-state index in [1.54, 1.807) is 13.8 Å². The maximum Gasteiger partial charge on any atom is 0.309 e. The lowest BCUT2D eigenvalue weighted by Gasteiger charge is -2.18. The number of aryl methyl sites for hydroxylation is 2. The van der Waals surface area contributed by atoms with Gasteiger partial charge in [0.05, 0.1) is 10.8 Å². The third-order valence-corrected chi connectivity index (χ3v) is 6.54. The van der Waals surface area contributed by atoms with Gasteiger partial charge in [-0.25, -0.2) is 0 Å². The Morgan fingerprint density at radius 3 is 2.04 bits per heavy atom. The summed E-state index contributed by atoms with van der Waals surface area (Å²) in [6.07, 6.45) is 10.4. The number of carboxylic acids is 2. The van der Waals surface area contributed by atoms with E-state index >= 15 is 0 Å². The molecule has 0 aliphatic heterocycles. The maximum atomic E-state index is 11.3. The van der Waals surface area contributed by atoms with Crippen LogP contribution in [0.4, 0.5) is 0 Å². The van der Waals surface area contributed by atoms with Crippen molar-refractivity contribution in [2.24, 2.45) is 10.8 Å². The number of carbonyl (C=O) groups is 2. The molecule has 0 atom stereocenters. The fourth-order valence-electron chi connectivity index (χ4n) is 3.94. The normalized spacial score (nSPS) is 15.4. The van der Waals surface area contributed by atoms with Gasteiger partial charge in [0.1, 0.15) is 0 Å². The van der Waals surface area contributed by atoms with Crippen LogP contribution in [0.5, 0.6) is 0 Å². The van der Waals surface area contributed by atoms with Crippen LogP contribution in [-0.4, -0.2) is 22.2 Å². The van der Waals surface area contributed by atoms with Crippen LogP contribution in [-0.2, 0) is 22.4 Å². The molecule has 1 saturated carbocycles. The monoisotopic (exact) mass is 388 g/mol. The van der Waals surface area contributed by atoms with Gasteiger partial charge in [-0.1, -0.05) is 37.5 Å². The Hall–Kier alpha value is -1.84. The van der Waals surface area contributed by atoms with E-state index in [4.69, 9.17) is 0 Å². The minimum Gasteiger partial charge on any atom is -0.481 e. The first kappa shape index (κ1) is 22.4. The number of aliphatic carboxylic acids is 2. The molecule has 0 spiro atoms. The van der Waals surface area contributed by atoms with Crippen LogP contribution in [0.25, 0.3) is 0 Å². The average Bonchev–Trinajstić information content (AvgIpc) is 3.42. The Morgan fingerprint density at radius 1 is 0.964 bits per heavy atom. The second kappa shape index (κ2) is 9.58.